The molecule has 2 N–H and O–H groups in total. The second-order valence-electron chi connectivity index (χ2n) is 3.61. The highest BCUT2D eigenvalue weighted by molar-refractivity contribution is 5.31. The molecule has 0 spiro atoms. The zero-order valence-electron chi connectivity index (χ0n) is 8.28. The third kappa shape index (κ3) is 2.19. The lowest BCUT2D eigenvalue weighted by molar-refractivity contribution is 0.637. The summed E-state index contributed by atoms with van der Waals surface area (Å²) >= 11 is 0. The molecular formula is C10H19N. The van der Waals surface area contributed by atoms with Crippen LogP contribution >= 0.6 is 0 Å². The number of hydrogen-bond acceptors (Lipinski definition) is 1. The summed E-state index contributed by atoms with van der Waals surface area (Å²) in [5, 5.41) is 0. The first-order valence-electron chi connectivity index (χ1n) is 3.89. The van der Waals surface area contributed by atoms with E-state index in [-0.39, 0.29) is 5.54 Å². The maximum Gasteiger partial charge on any atom is 0.0550 e. The first kappa shape index (κ1) is 10.4. The predicted molar refractivity (Wildman–Crippen MR) is 51.5 cm³/mol. The molecule has 11 heavy (non-hydrogen) atoms. The monoisotopic (exact) mass is 153 g/mol. The molecule has 0 saturated heterocycles. The van der Waals surface area contributed by atoms with E-state index in [9.17, 15) is 0 Å². The van der Waals surface area contributed by atoms with Gasteiger partial charge in [0.2, 0.25) is 0 Å². The van der Waals surface area contributed by atoms with E-state index in [1.54, 1.807) is 0 Å². The Kier molecular flexibility index (Phi) is 3.06. The average Bonchev–Trinajstić information content (AvgIpc) is 1.85. The van der Waals surface area contributed by atoms with Gasteiger partial charge in [-0.2, -0.15) is 0 Å². The summed E-state index contributed by atoms with van der Waals surface area (Å²) in [4.78, 5) is 0. The summed E-state index contributed by atoms with van der Waals surface area (Å²) in [5.74, 6) is 0. The van der Waals surface area contributed by atoms with Gasteiger partial charge in [0.15, 0.2) is 0 Å². The van der Waals surface area contributed by atoms with Crippen molar-refractivity contribution in [1.82, 2.24) is 0 Å². The molecular weight excluding hydrogens is 134 g/mol. The molecule has 0 amide bonds. The third-order valence-electron chi connectivity index (χ3n) is 2.42. The van der Waals surface area contributed by atoms with Gasteiger partial charge in [0.1, 0.15) is 0 Å². The van der Waals surface area contributed by atoms with Gasteiger partial charge in [-0.25, -0.2) is 0 Å². The van der Waals surface area contributed by atoms with Crippen molar-refractivity contribution in [2.75, 3.05) is 0 Å². The molecule has 0 aromatic heterocycles. The summed E-state index contributed by atoms with van der Waals surface area (Å²) in [5.41, 5.74) is 9.21. The molecule has 1 heteroatoms. The molecule has 1 unspecified atom stereocenters. The fourth-order valence-electron chi connectivity index (χ4n) is 0.839. The Balaban J connectivity index is 4.86. The van der Waals surface area contributed by atoms with Gasteiger partial charge in [-0.1, -0.05) is 23.3 Å². The fraction of sp³-hybridized carbons (Fsp3) is 0.600. The molecule has 0 heterocycles. The Morgan fingerprint density at radius 2 is 1.55 bits per heavy atom. The van der Waals surface area contributed by atoms with Crippen LogP contribution in [0.1, 0.15) is 34.6 Å². The van der Waals surface area contributed by atoms with Gasteiger partial charge in [-0.05, 0) is 34.6 Å². The topological polar surface area (TPSA) is 26.0 Å². The minimum atomic E-state index is -0.334. The lowest BCUT2D eigenvalue weighted by Crippen LogP contribution is -2.38. The minimum absolute atomic E-state index is 0.334. The van der Waals surface area contributed by atoms with Gasteiger partial charge in [0.05, 0.1) is 5.54 Å². The van der Waals surface area contributed by atoms with Crippen LogP contribution in [0.4, 0.5) is 0 Å². The van der Waals surface area contributed by atoms with E-state index >= 15 is 0 Å². The predicted octanol–water partition coefficient (Wildman–Crippen LogP) is 2.64. The van der Waals surface area contributed by atoms with Crippen LogP contribution in [-0.2, 0) is 0 Å². The maximum atomic E-state index is 6.05. The average molecular weight is 153 g/mol. The fourth-order valence-corrected chi connectivity index (χ4v) is 0.839. The van der Waals surface area contributed by atoms with E-state index in [2.05, 4.69) is 27.4 Å². The van der Waals surface area contributed by atoms with Crippen LogP contribution in [0.15, 0.2) is 23.3 Å². The quantitative estimate of drug-likeness (QED) is 0.606. The van der Waals surface area contributed by atoms with Gasteiger partial charge in [-0.15, -0.1) is 0 Å². The zero-order chi connectivity index (χ0) is 9.23. The summed E-state index contributed by atoms with van der Waals surface area (Å²) < 4.78 is 0. The number of hydrogen-bond donors (Lipinski definition) is 1. The lowest BCUT2D eigenvalue weighted by Gasteiger charge is -2.27. The summed E-state index contributed by atoms with van der Waals surface area (Å²) in [7, 11) is 0. The highest BCUT2D eigenvalue weighted by Gasteiger charge is 2.21. The van der Waals surface area contributed by atoms with Crippen LogP contribution in [0.25, 0.3) is 0 Å². The normalized spacial score (nSPS) is 15.5. The molecule has 0 aromatic rings. The number of nitrogens with two attached hydrogens (primary N) is 1. The largest absolute Gasteiger partial charge is 0.319 e. The molecule has 0 radical (unpaired) electrons. The van der Waals surface area contributed by atoms with Gasteiger partial charge in [-0.3, -0.25) is 0 Å². The van der Waals surface area contributed by atoms with Gasteiger partial charge in [0.25, 0.3) is 0 Å². The standard InChI is InChI=1S/C10H19N/c1-7(2)9(5)10(6,11)8(3)4/h3,11H2,1-2,4-6H3. The van der Waals surface area contributed by atoms with Crippen LogP contribution in [0.3, 0.4) is 0 Å². The van der Waals surface area contributed by atoms with Crippen molar-refractivity contribution < 1.29 is 0 Å². The maximum absolute atomic E-state index is 6.05. The summed E-state index contributed by atoms with van der Waals surface area (Å²) in [6, 6.07) is 0. The van der Waals surface area contributed by atoms with E-state index in [0.29, 0.717) is 0 Å². The SMILES string of the molecule is C=C(C)C(C)(N)C(C)=C(C)C. The molecule has 0 fully saturated rings. The van der Waals surface area contributed by atoms with Crippen molar-refractivity contribution in [1.29, 1.82) is 0 Å². The van der Waals surface area contributed by atoms with E-state index in [1.165, 1.54) is 11.1 Å². The number of allylic oxidation sites excluding steroid dienone is 1. The second kappa shape index (κ2) is 3.22. The Morgan fingerprint density at radius 3 is 1.64 bits per heavy atom. The first-order chi connectivity index (χ1) is 4.80. The summed E-state index contributed by atoms with van der Waals surface area (Å²) in [6.07, 6.45) is 0. The van der Waals surface area contributed by atoms with Crippen molar-refractivity contribution in [2.45, 2.75) is 40.2 Å². The van der Waals surface area contributed by atoms with Crippen LogP contribution in [0, 0.1) is 0 Å². The molecule has 0 aliphatic heterocycles. The van der Waals surface area contributed by atoms with Crippen molar-refractivity contribution in [3.63, 3.8) is 0 Å². The first-order valence-corrected chi connectivity index (χ1v) is 3.89. The van der Waals surface area contributed by atoms with Crippen LogP contribution in [0.2, 0.25) is 0 Å². The van der Waals surface area contributed by atoms with E-state index < -0.39 is 0 Å². The van der Waals surface area contributed by atoms with Gasteiger partial charge < -0.3 is 5.73 Å². The molecule has 0 bridgehead atoms. The molecule has 0 saturated carbocycles. The number of rotatable bonds is 2. The highest BCUT2D eigenvalue weighted by atomic mass is 14.7. The summed E-state index contributed by atoms with van der Waals surface area (Å²) in [6.45, 7) is 14.0. The molecule has 0 aromatic carbocycles. The molecule has 0 rings (SSSR count). The second-order valence-corrected chi connectivity index (χ2v) is 3.61. The molecule has 1 nitrogen and oxygen atoms in total. The van der Waals surface area contributed by atoms with Crippen molar-refractivity contribution in [3.05, 3.63) is 23.3 Å². The van der Waals surface area contributed by atoms with E-state index in [1.807, 2.05) is 13.8 Å². The van der Waals surface area contributed by atoms with Gasteiger partial charge in [0, 0.05) is 0 Å². The lowest BCUT2D eigenvalue weighted by atomic mass is 9.85. The molecule has 0 aliphatic rings. The van der Waals surface area contributed by atoms with Crippen LogP contribution < -0.4 is 5.73 Å². The minimum Gasteiger partial charge on any atom is -0.319 e. The van der Waals surface area contributed by atoms with Crippen molar-refractivity contribution in [3.8, 4) is 0 Å². The van der Waals surface area contributed by atoms with E-state index in [0.717, 1.165) is 5.57 Å². The Labute approximate surface area is 70.0 Å². The molecule has 1 atom stereocenters. The highest BCUT2D eigenvalue weighted by Crippen LogP contribution is 2.22. The van der Waals surface area contributed by atoms with Gasteiger partial charge >= 0.3 is 0 Å². The van der Waals surface area contributed by atoms with Crippen LogP contribution in [-0.4, -0.2) is 5.54 Å². The smallest absolute Gasteiger partial charge is 0.0550 e. The Hall–Kier alpha value is -0.560. The van der Waals surface area contributed by atoms with E-state index in [4.69, 9.17) is 5.73 Å². The molecule has 64 valence electrons. The molecule has 0 aliphatic carbocycles. The zero-order valence-corrected chi connectivity index (χ0v) is 8.28. The third-order valence-corrected chi connectivity index (χ3v) is 2.42. The van der Waals surface area contributed by atoms with Crippen molar-refractivity contribution in [2.24, 2.45) is 5.73 Å². The Morgan fingerprint density at radius 1 is 1.18 bits per heavy atom. The van der Waals surface area contributed by atoms with Crippen LogP contribution in [0.5, 0.6) is 0 Å². The Bertz CT molecular complexity index is 193. The van der Waals surface area contributed by atoms with Crippen molar-refractivity contribution >= 4 is 0 Å².